The number of likely N-dealkylation sites (tertiary alicyclic amines) is 1. The fourth-order valence-electron chi connectivity index (χ4n) is 1.80. The zero-order valence-corrected chi connectivity index (χ0v) is 8.19. The van der Waals surface area contributed by atoms with Crippen LogP contribution in [0.5, 0.6) is 0 Å². The number of rotatable bonds is 3. The average molecular weight is 201 g/mol. The fourth-order valence-corrected chi connectivity index (χ4v) is 1.80. The highest BCUT2D eigenvalue weighted by atomic mass is 16.4. The first-order valence-corrected chi connectivity index (χ1v) is 4.60. The third kappa shape index (κ3) is 2.23. The Morgan fingerprint density at radius 3 is 2.14 bits per heavy atom. The van der Waals surface area contributed by atoms with Gasteiger partial charge in [0.15, 0.2) is 0 Å². The van der Waals surface area contributed by atoms with Crippen LogP contribution in [0.4, 0.5) is 0 Å². The van der Waals surface area contributed by atoms with E-state index in [0.29, 0.717) is 25.9 Å². The molecule has 0 spiro atoms. The number of nitrogens with zero attached hydrogens (tertiary/aromatic N) is 1. The van der Waals surface area contributed by atoms with Crippen molar-refractivity contribution in [2.24, 2.45) is 5.41 Å². The van der Waals surface area contributed by atoms with Crippen LogP contribution in [0.3, 0.4) is 0 Å². The van der Waals surface area contributed by atoms with Gasteiger partial charge in [-0.15, -0.1) is 0 Å². The van der Waals surface area contributed by atoms with E-state index in [1.165, 1.54) is 0 Å². The molecule has 0 radical (unpaired) electrons. The van der Waals surface area contributed by atoms with Crippen molar-refractivity contribution in [2.45, 2.75) is 19.3 Å². The molecule has 1 saturated heterocycles. The maximum atomic E-state index is 11.0. The molecule has 1 rings (SSSR count). The molecule has 80 valence electrons. The molecule has 0 saturated carbocycles. The average Bonchev–Trinajstić information content (AvgIpc) is 2.08. The minimum atomic E-state index is -1.04. The van der Waals surface area contributed by atoms with Crippen LogP contribution in [0.25, 0.3) is 0 Å². The summed E-state index contributed by atoms with van der Waals surface area (Å²) < 4.78 is 0. The van der Waals surface area contributed by atoms with Gasteiger partial charge in [-0.1, -0.05) is 0 Å². The zero-order chi connectivity index (χ0) is 10.8. The van der Waals surface area contributed by atoms with Crippen molar-refractivity contribution < 1.29 is 19.8 Å². The number of hydrogen-bond acceptors (Lipinski definition) is 3. The Morgan fingerprint density at radius 1 is 1.29 bits per heavy atom. The molecular formula is C9H15NO4. The van der Waals surface area contributed by atoms with Gasteiger partial charge in [-0.25, -0.2) is 0 Å². The first-order valence-electron chi connectivity index (χ1n) is 4.60. The van der Waals surface area contributed by atoms with Crippen LogP contribution >= 0.6 is 0 Å². The minimum Gasteiger partial charge on any atom is -0.481 e. The molecule has 0 aromatic heterocycles. The molecule has 1 aliphatic rings. The lowest BCUT2D eigenvalue weighted by atomic mass is 9.76. The number of aliphatic carboxylic acids is 2. The molecule has 0 aliphatic carbocycles. The minimum absolute atomic E-state index is 0.268. The molecule has 14 heavy (non-hydrogen) atoms. The van der Waals surface area contributed by atoms with Gasteiger partial charge < -0.3 is 15.1 Å². The number of carbonyl (C=O) groups is 2. The number of piperidine rings is 1. The van der Waals surface area contributed by atoms with Crippen molar-refractivity contribution in [1.82, 2.24) is 4.90 Å². The van der Waals surface area contributed by atoms with E-state index in [9.17, 15) is 9.59 Å². The highest BCUT2D eigenvalue weighted by Crippen LogP contribution is 2.34. The molecule has 0 aromatic rings. The first-order chi connectivity index (χ1) is 6.46. The molecule has 0 atom stereocenters. The van der Waals surface area contributed by atoms with E-state index in [4.69, 9.17) is 10.2 Å². The zero-order valence-electron chi connectivity index (χ0n) is 8.19. The van der Waals surface area contributed by atoms with Crippen molar-refractivity contribution in [3.05, 3.63) is 0 Å². The monoisotopic (exact) mass is 201 g/mol. The summed E-state index contributed by atoms with van der Waals surface area (Å²) in [7, 11) is 1.91. The highest BCUT2D eigenvalue weighted by molar-refractivity contribution is 5.81. The third-order valence-corrected chi connectivity index (χ3v) is 2.89. The van der Waals surface area contributed by atoms with Gasteiger partial charge in [-0.05, 0) is 33.0 Å². The van der Waals surface area contributed by atoms with Gasteiger partial charge in [0.1, 0.15) is 0 Å². The quantitative estimate of drug-likeness (QED) is 0.684. The van der Waals surface area contributed by atoms with Gasteiger partial charge in [0.05, 0.1) is 11.8 Å². The van der Waals surface area contributed by atoms with E-state index in [1.54, 1.807) is 0 Å². The molecule has 2 N–H and O–H groups in total. The van der Waals surface area contributed by atoms with Crippen LogP contribution in [-0.2, 0) is 9.59 Å². The number of hydrogen-bond donors (Lipinski definition) is 2. The Kier molecular flexibility index (Phi) is 3.10. The van der Waals surface area contributed by atoms with Crippen molar-refractivity contribution in [3.63, 3.8) is 0 Å². The second kappa shape index (κ2) is 3.96. The Bertz CT molecular complexity index is 243. The topological polar surface area (TPSA) is 77.8 Å². The van der Waals surface area contributed by atoms with Gasteiger partial charge in [-0.3, -0.25) is 9.59 Å². The van der Waals surface area contributed by atoms with Crippen LogP contribution in [0.2, 0.25) is 0 Å². The summed E-state index contributed by atoms with van der Waals surface area (Å²) in [6.45, 7) is 1.30. The molecule has 1 heterocycles. The van der Waals surface area contributed by atoms with Crippen LogP contribution < -0.4 is 0 Å². The summed E-state index contributed by atoms with van der Waals surface area (Å²) in [4.78, 5) is 23.6. The van der Waals surface area contributed by atoms with Crippen molar-refractivity contribution in [3.8, 4) is 0 Å². The maximum Gasteiger partial charge on any atom is 0.310 e. The number of carboxylic acid groups (broad SMARTS) is 2. The lowest BCUT2D eigenvalue weighted by Gasteiger charge is -2.36. The molecule has 0 unspecified atom stereocenters. The molecule has 0 bridgehead atoms. The lowest BCUT2D eigenvalue weighted by Crippen LogP contribution is -2.44. The van der Waals surface area contributed by atoms with Crippen LogP contribution in [0.1, 0.15) is 19.3 Å². The Morgan fingerprint density at radius 2 is 1.79 bits per heavy atom. The summed E-state index contributed by atoms with van der Waals surface area (Å²) in [5.74, 6) is -2.01. The van der Waals surface area contributed by atoms with Crippen LogP contribution in [0.15, 0.2) is 0 Å². The first kappa shape index (κ1) is 11.0. The van der Waals surface area contributed by atoms with Gasteiger partial charge in [-0.2, -0.15) is 0 Å². The van der Waals surface area contributed by atoms with Gasteiger partial charge >= 0.3 is 11.9 Å². The Hall–Kier alpha value is -1.10. The van der Waals surface area contributed by atoms with Crippen molar-refractivity contribution in [2.75, 3.05) is 20.1 Å². The lowest BCUT2D eigenvalue weighted by molar-refractivity contribution is -0.158. The fraction of sp³-hybridized carbons (Fsp3) is 0.778. The summed E-state index contributed by atoms with van der Waals surface area (Å²) in [5, 5.41) is 17.7. The standard InChI is InChI=1S/C9H15NO4/c1-10-4-2-9(3-5-10,8(13)14)6-7(11)12/h2-6H2,1H3,(H,11,12)(H,13,14). The van der Waals surface area contributed by atoms with E-state index in [1.807, 2.05) is 11.9 Å². The molecule has 1 fully saturated rings. The predicted octanol–water partition coefficient (Wildman–Crippen LogP) is 0.258. The molecule has 5 heteroatoms. The third-order valence-electron chi connectivity index (χ3n) is 2.89. The number of carboxylic acids is 2. The summed E-state index contributed by atoms with van der Waals surface area (Å²) in [5.41, 5.74) is -1.04. The van der Waals surface area contributed by atoms with Crippen LogP contribution in [-0.4, -0.2) is 47.2 Å². The van der Waals surface area contributed by atoms with Gasteiger partial charge in [0.25, 0.3) is 0 Å². The second-order valence-electron chi connectivity index (χ2n) is 3.96. The van der Waals surface area contributed by atoms with E-state index < -0.39 is 17.4 Å². The van der Waals surface area contributed by atoms with E-state index in [-0.39, 0.29) is 6.42 Å². The smallest absolute Gasteiger partial charge is 0.310 e. The van der Waals surface area contributed by atoms with E-state index in [0.717, 1.165) is 0 Å². The Labute approximate surface area is 82.3 Å². The largest absolute Gasteiger partial charge is 0.481 e. The summed E-state index contributed by atoms with van der Waals surface area (Å²) >= 11 is 0. The van der Waals surface area contributed by atoms with E-state index in [2.05, 4.69) is 0 Å². The molecule has 0 amide bonds. The highest BCUT2D eigenvalue weighted by Gasteiger charge is 2.42. The molecule has 0 aromatic carbocycles. The predicted molar refractivity (Wildman–Crippen MR) is 49.1 cm³/mol. The molecule has 5 nitrogen and oxygen atoms in total. The van der Waals surface area contributed by atoms with Crippen LogP contribution in [0, 0.1) is 5.41 Å². The second-order valence-corrected chi connectivity index (χ2v) is 3.96. The van der Waals surface area contributed by atoms with Gasteiger partial charge in [0.2, 0.25) is 0 Å². The molecular weight excluding hydrogens is 186 g/mol. The van der Waals surface area contributed by atoms with Crippen molar-refractivity contribution in [1.29, 1.82) is 0 Å². The maximum absolute atomic E-state index is 11.0. The summed E-state index contributed by atoms with van der Waals surface area (Å²) in [6.07, 6.45) is 0.576. The summed E-state index contributed by atoms with van der Waals surface area (Å²) in [6, 6.07) is 0. The SMILES string of the molecule is CN1CCC(CC(=O)O)(C(=O)O)CC1. The van der Waals surface area contributed by atoms with E-state index >= 15 is 0 Å². The Balaban J connectivity index is 2.73. The van der Waals surface area contributed by atoms with Crippen molar-refractivity contribution >= 4 is 11.9 Å². The van der Waals surface area contributed by atoms with Gasteiger partial charge in [0, 0.05) is 0 Å². The normalized spacial score (nSPS) is 21.8. The molecule has 1 aliphatic heterocycles.